The summed E-state index contributed by atoms with van der Waals surface area (Å²) >= 11 is 0. The number of nitrogens with one attached hydrogen (secondary N) is 1. The van der Waals surface area contributed by atoms with Gasteiger partial charge in [-0.25, -0.2) is 4.98 Å². The lowest BCUT2D eigenvalue weighted by molar-refractivity contribution is 0.123. The fourth-order valence-electron chi connectivity index (χ4n) is 2.64. The Bertz CT molecular complexity index is 391. The third-order valence-electron chi connectivity index (χ3n) is 3.72. The fraction of sp³-hybridized carbons (Fsp3) is 0.750. The van der Waals surface area contributed by atoms with Gasteiger partial charge in [-0.05, 0) is 37.6 Å². The Morgan fingerprint density at radius 1 is 1.30 bits per heavy atom. The van der Waals surface area contributed by atoms with Crippen LogP contribution in [0.4, 0.5) is 0 Å². The summed E-state index contributed by atoms with van der Waals surface area (Å²) in [6.07, 6.45) is 8.75. The first kappa shape index (κ1) is 15.2. The van der Waals surface area contributed by atoms with Crippen molar-refractivity contribution in [2.45, 2.75) is 59.1 Å². The highest BCUT2D eigenvalue weighted by Gasteiger charge is 2.20. The van der Waals surface area contributed by atoms with E-state index < -0.39 is 0 Å². The van der Waals surface area contributed by atoms with Gasteiger partial charge in [0, 0.05) is 6.54 Å². The number of aromatic nitrogens is 2. The van der Waals surface area contributed by atoms with E-state index in [-0.39, 0.29) is 0 Å². The Balaban J connectivity index is 1.79. The molecule has 112 valence electrons. The maximum absolute atomic E-state index is 5.93. The zero-order chi connectivity index (χ0) is 14.4. The van der Waals surface area contributed by atoms with Crippen molar-refractivity contribution in [3.8, 4) is 5.88 Å². The van der Waals surface area contributed by atoms with Gasteiger partial charge in [0.15, 0.2) is 0 Å². The zero-order valence-corrected chi connectivity index (χ0v) is 12.9. The van der Waals surface area contributed by atoms with Gasteiger partial charge in [0.05, 0.1) is 18.1 Å². The predicted molar refractivity (Wildman–Crippen MR) is 80.6 cm³/mol. The second-order valence-corrected chi connectivity index (χ2v) is 6.38. The lowest BCUT2D eigenvalue weighted by Crippen LogP contribution is -2.24. The molecule has 20 heavy (non-hydrogen) atoms. The molecule has 0 aliphatic heterocycles. The lowest BCUT2D eigenvalue weighted by Gasteiger charge is -2.26. The molecule has 1 saturated carbocycles. The van der Waals surface area contributed by atoms with Crippen molar-refractivity contribution in [1.82, 2.24) is 15.3 Å². The molecule has 1 N–H and O–H groups in total. The van der Waals surface area contributed by atoms with Gasteiger partial charge in [0.25, 0.3) is 0 Å². The first-order chi connectivity index (χ1) is 9.63. The van der Waals surface area contributed by atoms with E-state index in [1.807, 2.05) is 6.20 Å². The van der Waals surface area contributed by atoms with Crippen LogP contribution in [-0.2, 0) is 6.54 Å². The molecule has 4 heteroatoms. The Hall–Kier alpha value is -1.16. The number of nitrogens with zero attached hydrogens (tertiary/aromatic N) is 2. The number of hydrogen-bond donors (Lipinski definition) is 1. The molecule has 0 bridgehead atoms. The van der Waals surface area contributed by atoms with Crippen LogP contribution in [0.25, 0.3) is 0 Å². The van der Waals surface area contributed by atoms with E-state index in [1.165, 1.54) is 12.8 Å². The van der Waals surface area contributed by atoms with Crippen LogP contribution in [0, 0.1) is 11.8 Å². The topological polar surface area (TPSA) is 47.0 Å². The van der Waals surface area contributed by atoms with E-state index in [0.29, 0.717) is 17.9 Å². The molecule has 1 aromatic heterocycles. The Morgan fingerprint density at radius 3 is 2.80 bits per heavy atom. The maximum Gasteiger partial charge on any atom is 0.232 e. The average Bonchev–Trinajstić information content (AvgIpc) is 2.40. The van der Waals surface area contributed by atoms with Crippen LogP contribution in [0.5, 0.6) is 5.88 Å². The van der Waals surface area contributed by atoms with Crippen molar-refractivity contribution in [2.75, 3.05) is 6.54 Å². The van der Waals surface area contributed by atoms with Crippen LogP contribution in [0.15, 0.2) is 12.4 Å². The number of ether oxygens (including phenoxy) is 1. The average molecular weight is 277 g/mol. The van der Waals surface area contributed by atoms with Gasteiger partial charge in [-0.2, -0.15) is 0 Å². The van der Waals surface area contributed by atoms with Crippen LogP contribution >= 0.6 is 0 Å². The lowest BCUT2D eigenvalue weighted by atomic mass is 9.89. The minimum absolute atomic E-state index is 0.318. The van der Waals surface area contributed by atoms with E-state index in [4.69, 9.17) is 4.74 Å². The van der Waals surface area contributed by atoms with Crippen LogP contribution in [-0.4, -0.2) is 22.6 Å². The molecule has 2 unspecified atom stereocenters. The second kappa shape index (κ2) is 7.58. The van der Waals surface area contributed by atoms with Crippen molar-refractivity contribution < 1.29 is 4.74 Å². The third-order valence-corrected chi connectivity index (χ3v) is 3.72. The van der Waals surface area contributed by atoms with Crippen LogP contribution < -0.4 is 10.1 Å². The van der Waals surface area contributed by atoms with E-state index >= 15 is 0 Å². The molecule has 0 amide bonds. The minimum Gasteiger partial charge on any atom is -0.473 e. The summed E-state index contributed by atoms with van der Waals surface area (Å²) in [4.78, 5) is 8.78. The molecular weight excluding hydrogens is 250 g/mol. The largest absolute Gasteiger partial charge is 0.473 e. The summed E-state index contributed by atoms with van der Waals surface area (Å²) in [7, 11) is 0. The molecule has 0 saturated heterocycles. The normalized spacial score (nSPS) is 23.0. The monoisotopic (exact) mass is 277 g/mol. The van der Waals surface area contributed by atoms with Gasteiger partial charge in [-0.1, -0.05) is 27.2 Å². The van der Waals surface area contributed by atoms with Crippen molar-refractivity contribution in [3.05, 3.63) is 18.1 Å². The molecule has 0 radical (unpaired) electrons. The van der Waals surface area contributed by atoms with Crippen LogP contribution in [0.3, 0.4) is 0 Å². The minimum atomic E-state index is 0.318. The highest BCUT2D eigenvalue weighted by molar-refractivity contribution is 5.07. The van der Waals surface area contributed by atoms with E-state index in [0.717, 1.165) is 37.5 Å². The van der Waals surface area contributed by atoms with Crippen molar-refractivity contribution in [2.24, 2.45) is 11.8 Å². The second-order valence-electron chi connectivity index (χ2n) is 6.38. The molecule has 1 aliphatic carbocycles. The quantitative estimate of drug-likeness (QED) is 0.867. The first-order valence-electron chi connectivity index (χ1n) is 7.81. The molecule has 2 atom stereocenters. The molecular formula is C16H27N3O. The molecule has 0 aromatic carbocycles. The summed E-state index contributed by atoms with van der Waals surface area (Å²) < 4.78 is 5.93. The van der Waals surface area contributed by atoms with Gasteiger partial charge in [0.1, 0.15) is 6.10 Å². The Labute approximate surface area is 122 Å². The summed E-state index contributed by atoms with van der Waals surface area (Å²) in [5.41, 5.74) is 0.968. The van der Waals surface area contributed by atoms with Gasteiger partial charge in [-0.15, -0.1) is 0 Å². The van der Waals surface area contributed by atoms with Gasteiger partial charge in [-0.3, -0.25) is 4.98 Å². The highest BCUT2D eigenvalue weighted by atomic mass is 16.5. The summed E-state index contributed by atoms with van der Waals surface area (Å²) in [6, 6.07) is 0. The molecule has 1 heterocycles. The Kier molecular flexibility index (Phi) is 5.77. The fourth-order valence-corrected chi connectivity index (χ4v) is 2.64. The van der Waals surface area contributed by atoms with E-state index in [1.54, 1.807) is 6.20 Å². The van der Waals surface area contributed by atoms with Crippen molar-refractivity contribution in [3.63, 3.8) is 0 Å². The summed E-state index contributed by atoms with van der Waals surface area (Å²) in [5, 5.41) is 3.36. The first-order valence-corrected chi connectivity index (χ1v) is 7.81. The highest BCUT2D eigenvalue weighted by Crippen LogP contribution is 2.26. The maximum atomic E-state index is 5.93. The van der Waals surface area contributed by atoms with Gasteiger partial charge >= 0.3 is 0 Å². The van der Waals surface area contributed by atoms with Crippen molar-refractivity contribution in [1.29, 1.82) is 0 Å². The molecule has 1 aliphatic rings. The number of rotatable bonds is 6. The van der Waals surface area contributed by atoms with Crippen LogP contribution in [0.2, 0.25) is 0 Å². The number of hydrogen-bond acceptors (Lipinski definition) is 4. The van der Waals surface area contributed by atoms with Crippen LogP contribution in [0.1, 0.15) is 52.1 Å². The standard InChI is InChI=1S/C16H27N3O/c1-12(2)8-17-9-14-10-19-16(11-18-14)20-15-6-4-5-13(3)7-15/h10-13,15,17H,4-9H2,1-3H3. The third kappa shape index (κ3) is 5.08. The van der Waals surface area contributed by atoms with E-state index in [9.17, 15) is 0 Å². The Morgan fingerprint density at radius 2 is 2.15 bits per heavy atom. The zero-order valence-electron chi connectivity index (χ0n) is 12.9. The summed E-state index contributed by atoms with van der Waals surface area (Å²) in [6.45, 7) is 8.46. The van der Waals surface area contributed by atoms with Gasteiger partial charge < -0.3 is 10.1 Å². The summed E-state index contributed by atoms with van der Waals surface area (Å²) in [5.74, 6) is 2.08. The molecule has 4 nitrogen and oxygen atoms in total. The van der Waals surface area contributed by atoms with Crippen molar-refractivity contribution >= 4 is 0 Å². The molecule has 2 rings (SSSR count). The predicted octanol–water partition coefficient (Wildman–Crippen LogP) is 3.18. The molecule has 1 fully saturated rings. The molecule has 0 spiro atoms. The van der Waals surface area contributed by atoms with Gasteiger partial charge in [0.2, 0.25) is 5.88 Å². The van der Waals surface area contributed by atoms with E-state index in [2.05, 4.69) is 36.1 Å². The molecule has 1 aromatic rings. The smallest absolute Gasteiger partial charge is 0.232 e. The SMILES string of the molecule is CC(C)CNCc1cnc(OC2CCCC(C)C2)cn1.